The lowest BCUT2D eigenvalue weighted by atomic mass is 10.2. The summed E-state index contributed by atoms with van der Waals surface area (Å²) >= 11 is 0. The molecular formula is C13H20N4O2. The third-order valence-electron chi connectivity index (χ3n) is 3.63. The molecule has 6 nitrogen and oxygen atoms in total. The number of rotatable bonds is 4. The molecule has 1 aliphatic rings. The summed E-state index contributed by atoms with van der Waals surface area (Å²) in [6, 6.07) is 0.396. The number of hydrogen-bond donors (Lipinski definition) is 0. The van der Waals surface area contributed by atoms with Crippen LogP contribution in [0, 0.1) is 0 Å². The molecule has 0 saturated carbocycles. The molecule has 0 aliphatic carbocycles. The van der Waals surface area contributed by atoms with Crippen LogP contribution in [0.4, 0.5) is 0 Å². The Morgan fingerprint density at radius 2 is 2.21 bits per heavy atom. The predicted octanol–water partition coefficient (Wildman–Crippen LogP) is 0.155. The van der Waals surface area contributed by atoms with E-state index < -0.39 is 0 Å². The van der Waals surface area contributed by atoms with Crippen LogP contribution in [-0.2, 0) is 11.8 Å². The van der Waals surface area contributed by atoms with Crippen molar-refractivity contribution >= 4 is 11.7 Å². The highest BCUT2D eigenvalue weighted by Crippen LogP contribution is 2.14. The maximum atomic E-state index is 12.1. The average Bonchev–Trinajstić information content (AvgIpc) is 2.96. The van der Waals surface area contributed by atoms with Crippen LogP contribution in [0.5, 0.6) is 0 Å². The second-order valence-electron chi connectivity index (χ2n) is 5.21. The molecule has 104 valence electrons. The molecule has 1 saturated heterocycles. The second-order valence-corrected chi connectivity index (χ2v) is 5.21. The predicted molar refractivity (Wildman–Crippen MR) is 70.8 cm³/mol. The van der Waals surface area contributed by atoms with Gasteiger partial charge in [-0.15, -0.1) is 0 Å². The van der Waals surface area contributed by atoms with Gasteiger partial charge in [-0.25, -0.2) is 4.98 Å². The minimum Gasteiger partial charge on any atom is -0.341 e. The van der Waals surface area contributed by atoms with E-state index in [0.29, 0.717) is 18.4 Å². The number of nitrogens with zero attached hydrogens (tertiary/aromatic N) is 4. The molecular weight excluding hydrogens is 244 g/mol. The Labute approximate surface area is 113 Å². The molecule has 6 heteroatoms. The molecule has 19 heavy (non-hydrogen) atoms. The van der Waals surface area contributed by atoms with Gasteiger partial charge in [-0.1, -0.05) is 0 Å². The number of imidazole rings is 1. The van der Waals surface area contributed by atoms with Gasteiger partial charge in [0, 0.05) is 38.6 Å². The highest BCUT2D eigenvalue weighted by Gasteiger charge is 2.29. The Hall–Kier alpha value is -1.69. The molecule has 0 spiro atoms. The van der Waals surface area contributed by atoms with Crippen LogP contribution in [0.15, 0.2) is 12.4 Å². The van der Waals surface area contributed by atoms with Crippen molar-refractivity contribution in [3.63, 3.8) is 0 Å². The molecule has 0 aromatic carbocycles. The van der Waals surface area contributed by atoms with Gasteiger partial charge in [0.15, 0.2) is 5.82 Å². The van der Waals surface area contributed by atoms with E-state index in [-0.39, 0.29) is 18.1 Å². The topological polar surface area (TPSA) is 58.4 Å². The van der Waals surface area contributed by atoms with E-state index in [1.807, 2.05) is 14.1 Å². The smallest absolute Gasteiger partial charge is 0.230 e. The Kier molecular flexibility index (Phi) is 3.99. The average molecular weight is 264 g/mol. The number of ketones is 1. The summed E-state index contributed by atoms with van der Waals surface area (Å²) < 4.78 is 1.64. The number of Topliss-reactive ketones (excluding diaryl/α,β-unsaturated/α-hetero) is 1. The molecule has 1 atom stereocenters. The Balaban J connectivity index is 1.92. The van der Waals surface area contributed by atoms with Crippen molar-refractivity contribution in [2.75, 3.05) is 27.2 Å². The minimum atomic E-state index is -0.217. The van der Waals surface area contributed by atoms with Crippen molar-refractivity contribution in [2.45, 2.75) is 18.9 Å². The zero-order valence-electron chi connectivity index (χ0n) is 11.7. The lowest BCUT2D eigenvalue weighted by molar-refractivity contribution is -0.129. The number of amides is 1. The van der Waals surface area contributed by atoms with Gasteiger partial charge in [0.2, 0.25) is 11.7 Å². The van der Waals surface area contributed by atoms with Gasteiger partial charge in [0.1, 0.15) is 0 Å². The summed E-state index contributed by atoms with van der Waals surface area (Å²) in [6.45, 7) is 1.44. The van der Waals surface area contributed by atoms with Crippen molar-refractivity contribution < 1.29 is 9.59 Å². The normalized spacial score (nSPS) is 19.2. The summed E-state index contributed by atoms with van der Waals surface area (Å²) in [5.74, 6) is 0.0276. The number of aryl methyl sites for hydroxylation is 1. The lowest BCUT2D eigenvalue weighted by Crippen LogP contribution is -2.35. The quantitative estimate of drug-likeness (QED) is 0.574. The highest BCUT2D eigenvalue weighted by atomic mass is 16.2. The van der Waals surface area contributed by atoms with Gasteiger partial charge in [-0.2, -0.15) is 0 Å². The van der Waals surface area contributed by atoms with Crippen molar-refractivity contribution in [3.05, 3.63) is 18.2 Å². The first-order chi connectivity index (χ1) is 8.99. The van der Waals surface area contributed by atoms with Crippen LogP contribution in [0.25, 0.3) is 0 Å². The third kappa shape index (κ3) is 3.01. The highest BCUT2D eigenvalue weighted by molar-refractivity contribution is 6.05. The first kappa shape index (κ1) is 13.7. The molecule has 1 fully saturated rings. The Morgan fingerprint density at radius 1 is 1.47 bits per heavy atom. The van der Waals surface area contributed by atoms with Crippen LogP contribution in [0.2, 0.25) is 0 Å². The van der Waals surface area contributed by atoms with Crippen LogP contribution in [0.3, 0.4) is 0 Å². The van der Waals surface area contributed by atoms with E-state index in [1.165, 1.54) is 0 Å². The maximum Gasteiger partial charge on any atom is 0.230 e. The number of carbonyl (C=O) groups is 2. The molecule has 1 aromatic heterocycles. The number of aromatic nitrogens is 2. The van der Waals surface area contributed by atoms with Gasteiger partial charge >= 0.3 is 0 Å². The summed E-state index contributed by atoms with van der Waals surface area (Å²) in [5.41, 5.74) is 0. The second kappa shape index (κ2) is 5.52. The molecule has 0 radical (unpaired) electrons. The van der Waals surface area contributed by atoms with Gasteiger partial charge in [-0.05, 0) is 20.5 Å². The third-order valence-corrected chi connectivity index (χ3v) is 3.63. The lowest BCUT2D eigenvalue weighted by Gasteiger charge is -2.20. The van der Waals surface area contributed by atoms with Crippen molar-refractivity contribution in [1.29, 1.82) is 0 Å². The summed E-state index contributed by atoms with van der Waals surface area (Å²) in [4.78, 5) is 31.9. The molecule has 2 rings (SSSR count). The van der Waals surface area contributed by atoms with Crippen LogP contribution in [-0.4, -0.2) is 64.3 Å². The maximum absolute atomic E-state index is 12.1. The van der Waals surface area contributed by atoms with Crippen molar-refractivity contribution in [2.24, 2.45) is 7.05 Å². The first-order valence-electron chi connectivity index (χ1n) is 6.43. The van der Waals surface area contributed by atoms with Crippen LogP contribution < -0.4 is 0 Å². The molecule has 1 aliphatic heterocycles. The van der Waals surface area contributed by atoms with E-state index >= 15 is 0 Å². The van der Waals surface area contributed by atoms with Gasteiger partial charge in [-0.3, -0.25) is 9.59 Å². The minimum absolute atomic E-state index is 0.0923. The van der Waals surface area contributed by atoms with E-state index in [2.05, 4.69) is 9.88 Å². The van der Waals surface area contributed by atoms with Crippen molar-refractivity contribution in [1.82, 2.24) is 19.4 Å². The molecule has 0 unspecified atom stereocenters. The molecule has 0 bridgehead atoms. The molecule has 1 amide bonds. The Morgan fingerprint density at radius 3 is 2.74 bits per heavy atom. The standard InChI is InChI=1S/C13H20N4O2/c1-15(2)10-4-6-17(9-10)12(19)8-11(18)13-14-5-7-16(13)3/h5,7,10H,4,6,8-9H2,1-3H3/t10-/m1/s1. The van der Waals surface area contributed by atoms with Gasteiger partial charge in [0.05, 0.1) is 6.42 Å². The van der Waals surface area contributed by atoms with Crippen LogP contribution in [0.1, 0.15) is 23.5 Å². The van der Waals surface area contributed by atoms with E-state index in [4.69, 9.17) is 0 Å². The fourth-order valence-electron chi connectivity index (χ4n) is 2.35. The Bertz CT molecular complexity index is 481. The number of likely N-dealkylation sites (N-methyl/N-ethyl adjacent to an activating group) is 1. The monoisotopic (exact) mass is 264 g/mol. The fraction of sp³-hybridized carbons (Fsp3) is 0.615. The van der Waals surface area contributed by atoms with Gasteiger partial charge in [0.25, 0.3) is 0 Å². The summed E-state index contributed by atoms with van der Waals surface area (Å²) in [6.07, 6.45) is 4.14. The van der Waals surface area contributed by atoms with Crippen LogP contribution >= 0.6 is 0 Å². The number of likely N-dealkylation sites (tertiary alicyclic amines) is 1. The molecule has 2 heterocycles. The SMILES string of the molecule is CN(C)[C@@H]1CCN(C(=O)CC(=O)c2nccn2C)C1. The number of hydrogen-bond acceptors (Lipinski definition) is 4. The van der Waals surface area contributed by atoms with E-state index in [1.54, 1.807) is 28.9 Å². The number of carbonyl (C=O) groups excluding carboxylic acids is 2. The molecule has 1 aromatic rings. The summed E-state index contributed by atoms with van der Waals surface area (Å²) in [7, 11) is 5.78. The van der Waals surface area contributed by atoms with E-state index in [0.717, 1.165) is 13.0 Å². The van der Waals surface area contributed by atoms with E-state index in [9.17, 15) is 9.59 Å². The molecule has 0 N–H and O–H groups in total. The van der Waals surface area contributed by atoms with Gasteiger partial charge < -0.3 is 14.4 Å². The fourth-order valence-corrected chi connectivity index (χ4v) is 2.35. The first-order valence-corrected chi connectivity index (χ1v) is 6.43. The zero-order valence-corrected chi connectivity index (χ0v) is 11.7. The zero-order chi connectivity index (χ0) is 14.0. The van der Waals surface area contributed by atoms with Crippen molar-refractivity contribution in [3.8, 4) is 0 Å². The summed E-state index contributed by atoms with van der Waals surface area (Å²) in [5, 5.41) is 0. The largest absolute Gasteiger partial charge is 0.341 e.